The van der Waals surface area contributed by atoms with Crippen LogP contribution in [0.4, 0.5) is 0 Å². The number of allylic oxidation sites excluding steroid dienone is 12. The van der Waals surface area contributed by atoms with E-state index < -0.39 is 6.10 Å². The van der Waals surface area contributed by atoms with Crippen LogP contribution < -0.4 is 0 Å². The van der Waals surface area contributed by atoms with Gasteiger partial charge in [-0.2, -0.15) is 0 Å². The fourth-order valence-corrected chi connectivity index (χ4v) is 6.28. The SMILES string of the molecule is CC/C=C\C/C=C\C/C=C\C/C=C\CCCCCCCCCCCCC(=O)OC(CO)COC(=O)CCCCCCCCC/C=C\C/C=C\CCCCCC. The summed E-state index contributed by atoms with van der Waals surface area (Å²) in [5, 5.41) is 9.60. The maximum atomic E-state index is 12.2. The first-order valence-corrected chi connectivity index (χ1v) is 23.0. The van der Waals surface area contributed by atoms with E-state index in [9.17, 15) is 14.7 Å². The zero-order valence-corrected chi connectivity index (χ0v) is 35.9. The van der Waals surface area contributed by atoms with E-state index in [0.29, 0.717) is 12.8 Å². The summed E-state index contributed by atoms with van der Waals surface area (Å²) >= 11 is 0. The normalized spacial score (nSPS) is 12.9. The molecule has 5 nitrogen and oxygen atoms in total. The van der Waals surface area contributed by atoms with Crippen LogP contribution in [0.3, 0.4) is 0 Å². The molecule has 5 heteroatoms. The van der Waals surface area contributed by atoms with Gasteiger partial charge in [0, 0.05) is 12.8 Å². The zero-order valence-electron chi connectivity index (χ0n) is 35.9. The Labute approximate surface area is 340 Å². The third-order valence-electron chi connectivity index (χ3n) is 9.73. The van der Waals surface area contributed by atoms with Crippen molar-refractivity contribution in [1.29, 1.82) is 0 Å². The molecule has 0 aromatic carbocycles. The molecule has 0 radical (unpaired) electrons. The first-order chi connectivity index (χ1) is 27.1. The van der Waals surface area contributed by atoms with Crippen LogP contribution in [-0.4, -0.2) is 36.4 Å². The summed E-state index contributed by atoms with van der Waals surface area (Å²) in [7, 11) is 0. The van der Waals surface area contributed by atoms with Gasteiger partial charge in [0.15, 0.2) is 6.10 Å². The number of rotatable bonds is 41. The number of ether oxygens (including phenoxy) is 2. The summed E-state index contributed by atoms with van der Waals surface area (Å²) in [6, 6.07) is 0. The zero-order chi connectivity index (χ0) is 40.0. The highest BCUT2D eigenvalue weighted by molar-refractivity contribution is 5.70. The number of aliphatic hydroxyl groups excluding tert-OH is 1. The molecule has 0 saturated carbocycles. The number of esters is 2. The van der Waals surface area contributed by atoms with Gasteiger partial charge in [0.1, 0.15) is 6.61 Å². The Morgan fingerprint density at radius 1 is 0.436 bits per heavy atom. The number of aliphatic hydroxyl groups is 1. The van der Waals surface area contributed by atoms with Gasteiger partial charge in [-0.25, -0.2) is 0 Å². The minimum Gasteiger partial charge on any atom is -0.462 e. The molecule has 0 spiro atoms. The number of hydrogen-bond donors (Lipinski definition) is 1. The predicted octanol–water partition coefficient (Wildman–Crippen LogP) is 14.9. The molecule has 55 heavy (non-hydrogen) atoms. The van der Waals surface area contributed by atoms with Crippen LogP contribution in [0.1, 0.15) is 213 Å². The van der Waals surface area contributed by atoms with Crippen molar-refractivity contribution >= 4 is 11.9 Å². The van der Waals surface area contributed by atoms with Crippen molar-refractivity contribution in [2.45, 2.75) is 219 Å². The topological polar surface area (TPSA) is 72.8 Å². The average molecular weight is 767 g/mol. The smallest absolute Gasteiger partial charge is 0.306 e. The van der Waals surface area contributed by atoms with Gasteiger partial charge < -0.3 is 14.6 Å². The Morgan fingerprint density at radius 2 is 0.782 bits per heavy atom. The predicted molar refractivity (Wildman–Crippen MR) is 237 cm³/mol. The van der Waals surface area contributed by atoms with Crippen LogP contribution in [0, 0.1) is 0 Å². The lowest BCUT2D eigenvalue weighted by Gasteiger charge is -2.15. The number of hydrogen-bond acceptors (Lipinski definition) is 5. The molecule has 0 aliphatic heterocycles. The molecule has 0 aromatic heterocycles. The Kier molecular flexibility index (Phi) is 43.5. The van der Waals surface area contributed by atoms with Gasteiger partial charge in [-0.1, -0.05) is 189 Å². The van der Waals surface area contributed by atoms with Crippen molar-refractivity contribution < 1.29 is 24.2 Å². The molecule has 0 amide bonds. The highest BCUT2D eigenvalue weighted by atomic mass is 16.6. The fourth-order valence-electron chi connectivity index (χ4n) is 6.28. The molecule has 1 N–H and O–H groups in total. The minimum absolute atomic E-state index is 0.0741. The lowest BCUT2D eigenvalue weighted by molar-refractivity contribution is -0.161. The Morgan fingerprint density at radius 3 is 1.18 bits per heavy atom. The van der Waals surface area contributed by atoms with Gasteiger partial charge >= 0.3 is 11.9 Å². The van der Waals surface area contributed by atoms with Crippen LogP contribution >= 0.6 is 0 Å². The standard InChI is InChI=1S/C50H86O5/c1-3-5-7-9-11-13-15-17-19-21-23-24-25-26-27-29-31-33-35-37-39-41-43-45-50(53)55-48(46-51)47-54-49(52)44-42-40-38-36-34-32-30-28-22-20-18-16-14-12-10-8-6-4-2/h5,7,11,13-14,16-17,19-20,22-24,48,51H,3-4,6,8-10,12,15,18,21,25-47H2,1-2H3/b7-5-,13-11-,16-14-,19-17-,22-20-,24-23-. The van der Waals surface area contributed by atoms with Crippen molar-refractivity contribution in [2.24, 2.45) is 0 Å². The van der Waals surface area contributed by atoms with Crippen molar-refractivity contribution in [2.75, 3.05) is 13.2 Å². The van der Waals surface area contributed by atoms with Crippen molar-refractivity contribution in [3.05, 3.63) is 72.9 Å². The van der Waals surface area contributed by atoms with Crippen LogP contribution in [0.5, 0.6) is 0 Å². The lowest BCUT2D eigenvalue weighted by atomic mass is 10.0. The maximum Gasteiger partial charge on any atom is 0.306 e. The quantitative estimate of drug-likeness (QED) is 0.0381. The lowest BCUT2D eigenvalue weighted by Crippen LogP contribution is -2.28. The summed E-state index contributed by atoms with van der Waals surface area (Å²) in [6.07, 6.45) is 61.1. The fraction of sp³-hybridized carbons (Fsp3) is 0.720. The van der Waals surface area contributed by atoms with Gasteiger partial charge in [-0.05, 0) is 83.5 Å². The monoisotopic (exact) mass is 767 g/mol. The molecule has 0 bridgehead atoms. The van der Waals surface area contributed by atoms with E-state index in [1.165, 1.54) is 109 Å². The molecular weight excluding hydrogens is 681 g/mol. The average Bonchev–Trinajstić information content (AvgIpc) is 3.19. The summed E-state index contributed by atoms with van der Waals surface area (Å²) in [5.41, 5.74) is 0. The van der Waals surface area contributed by atoms with Crippen LogP contribution in [-0.2, 0) is 19.1 Å². The third-order valence-corrected chi connectivity index (χ3v) is 9.73. The summed E-state index contributed by atoms with van der Waals surface area (Å²) in [4.78, 5) is 24.4. The van der Waals surface area contributed by atoms with E-state index in [1.807, 2.05) is 0 Å². The Balaban J connectivity index is 3.56. The molecule has 0 heterocycles. The molecule has 1 unspecified atom stereocenters. The van der Waals surface area contributed by atoms with Gasteiger partial charge in [-0.15, -0.1) is 0 Å². The molecule has 0 saturated heterocycles. The largest absolute Gasteiger partial charge is 0.462 e. The second-order valence-electron chi connectivity index (χ2n) is 15.1. The van der Waals surface area contributed by atoms with E-state index >= 15 is 0 Å². The third kappa shape index (κ3) is 43.9. The maximum absolute atomic E-state index is 12.2. The summed E-state index contributed by atoms with van der Waals surface area (Å²) in [6.45, 7) is 4.00. The second kappa shape index (κ2) is 45.7. The van der Waals surface area contributed by atoms with Crippen molar-refractivity contribution in [3.63, 3.8) is 0 Å². The number of unbranched alkanes of at least 4 members (excludes halogenated alkanes) is 21. The van der Waals surface area contributed by atoms with Crippen molar-refractivity contribution in [3.8, 4) is 0 Å². The van der Waals surface area contributed by atoms with Gasteiger partial charge in [0.05, 0.1) is 6.61 Å². The van der Waals surface area contributed by atoms with E-state index in [-0.39, 0.29) is 25.2 Å². The molecule has 0 rings (SSSR count). The molecule has 316 valence electrons. The van der Waals surface area contributed by atoms with E-state index in [0.717, 1.165) is 77.0 Å². The van der Waals surface area contributed by atoms with Gasteiger partial charge in [0.25, 0.3) is 0 Å². The molecular formula is C50H86O5. The molecule has 0 fully saturated rings. The van der Waals surface area contributed by atoms with E-state index in [1.54, 1.807) is 0 Å². The highest BCUT2D eigenvalue weighted by Gasteiger charge is 2.16. The Hall–Kier alpha value is -2.66. The Bertz CT molecular complexity index is 1000. The number of carbonyl (C=O) groups is 2. The molecule has 1 atom stereocenters. The van der Waals surface area contributed by atoms with Crippen LogP contribution in [0.15, 0.2) is 72.9 Å². The van der Waals surface area contributed by atoms with Gasteiger partial charge in [0.2, 0.25) is 0 Å². The van der Waals surface area contributed by atoms with Crippen LogP contribution in [0.25, 0.3) is 0 Å². The summed E-state index contributed by atoms with van der Waals surface area (Å²) in [5.74, 6) is -0.605. The minimum atomic E-state index is -0.781. The van der Waals surface area contributed by atoms with Crippen molar-refractivity contribution in [1.82, 2.24) is 0 Å². The van der Waals surface area contributed by atoms with Gasteiger partial charge in [-0.3, -0.25) is 9.59 Å². The molecule has 0 aromatic rings. The molecule has 0 aliphatic rings. The second-order valence-corrected chi connectivity index (χ2v) is 15.1. The summed E-state index contributed by atoms with van der Waals surface area (Å²) < 4.78 is 10.6. The van der Waals surface area contributed by atoms with E-state index in [2.05, 4.69) is 86.8 Å². The first kappa shape index (κ1) is 52.3. The van der Waals surface area contributed by atoms with Crippen LogP contribution in [0.2, 0.25) is 0 Å². The first-order valence-electron chi connectivity index (χ1n) is 23.0. The number of carbonyl (C=O) groups excluding carboxylic acids is 2. The van der Waals surface area contributed by atoms with E-state index in [4.69, 9.17) is 9.47 Å². The molecule has 0 aliphatic carbocycles. The highest BCUT2D eigenvalue weighted by Crippen LogP contribution is 2.14.